The van der Waals surface area contributed by atoms with Crippen molar-refractivity contribution in [2.45, 2.75) is 98.8 Å². The number of ether oxygens (including phenoxy) is 4. The van der Waals surface area contributed by atoms with Crippen LogP contribution in [0.25, 0.3) is 0 Å². The third-order valence-electron chi connectivity index (χ3n) is 6.29. The molecule has 182 valence electrons. The lowest BCUT2D eigenvalue weighted by atomic mass is 9.87. The molecule has 0 aromatic carbocycles. The highest BCUT2D eigenvalue weighted by Gasteiger charge is 2.48. The van der Waals surface area contributed by atoms with Crippen LogP contribution in [0.5, 0.6) is 0 Å². The van der Waals surface area contributed by atoms with Crippen LogP contribution in [0.1, 0.15) is 19.3 Å². The maximum atomic E-state index is 10.9. The molecular weight excluding hydrogens is 416 g/mol. The summed E-state index contributed by atoms with van der Waals surface area (Å²) in [6, 6.07) is -2.32. The van der Waals surface area contributed by atoms with Gasteiger partial charge in [-0.1, -0.05) is 0 Å². The highest BCUT2D eigenvalue weighted by molar-refractivity contribution is 4.96. The van der Waals surface area contributed by atoms with Gasteiger partial charge >= 0.3 is 0 Å². The summed E-state index contributed by atoms with van der Waals surface area (Å²) in [7, 11) is 0. The first-order valence-corrected chi connectivity index (χ1v) is 10.6. The molecule has 0 amide bonds. The Morgan fingerprint density at radius 1 is 0.806 bits per heavy atom. The summed E-state index contributed by atoms with van der Waals surface area (Å²) in [5, 5.41) is 50.7. The molecular formula is C18H36N4O9. The van der Waals surface area contributed by atoms with Gasteiger partial charge in [-0.15, -0.1) is 0 Å². The molecule has 0 bridgehead atoms. The lowest BCUT2D eigenvalue weighted by molar-refractivity contribution is -0.308. The van der Waals surface area contributed by atoms with E-state index in [0.29, 0.717) is 12.8 Å². The van der Waals surface area contributed by atoms with E-state index >= 15 is 0 Å². The molecule has 3 aliphatic rings. The van der Waals surface area contributed by atoms with Gasteiger partial charge in [-0.25, -0.2) is 0 Å². The number of hydrogen-bond acceptors (Lipinski definition) is 13. The molecule has 0 aromatic heterocycles. The Kier molecular flexibility index (Phi) is 8.59. The summed E-state index contributed by atoms with van der Waals surface area (Å²) in [6.45, 7) is -0.351. The number of rotatable bonds is 6. The molecule has 2 aliphatic heterocycles. The zero-order valence-corrected chi connectivity index (χ0v) is 17.2. The van der Waals surface area contributed by atoms with Crippen LogP contribution < -0.4 is 22.9 Å². The second-order valence-corrected chi connectivity index (χ2v) is 8.54. The summed E-state index contributed by atoms with van der Waals surface area (Å²) >= 11 is 0. The number of nitrogens with two attached hydrogens (primary N) is 4. The van der Waals surface area contributed by atoms with Crippen LogP contribution in [0.15, 0.2) is 0 Å². The minimum atomic E-state index is -1.31. The first kappa shape index (κ1) is 25.1. The Morgan fingerprint density at radius 3 is 2.16 bits per heavy atom. The van der Waals surface area contributed by atoms with Crippen molar-refractivity contribution in [3.05, 3.63) is 0 Å². The van der Waals surface area contributed by atoms with Crippen LogP contribution in [0.3, 0.4) is 0 Å². The Labute approximate surface area is 180 Å². The molecule has 13 atom stereocenters. The molecule has 2 heterocycles. The Bertz CT molecular complexity index is 576. The van der Waals surface area contributed by atoms with Gasteiger partial charge in [-0.2, -0.15) is 0 Å². The maximum absolute atomic E-state index is 10.9. The summed E-state index contributed by atoms with van der Waals surface area (Å²) in [4.78, 5) is 0. The van der Waals surface area contributed by atoms with Crippen molar-refractivity contribution in [3.8, 4) is 0 Å². The molecule has 13 nitrogen and oxygen atoms in total. The Hall–Kier alpha value is -0.520. The minimum absolute atomic E-state index is 0.0577. The van der Waals surface area contributed by atoms with Gasteiger partial charge in [-0.05, 0) is 19.3 Å². The van der Waals surface area contributed by atoms with Crippen LogP contribution in [0, 0.1) is 0 Å². The second-order valence-electron chi connectivity index (χ2n) is 8.54. The first-order valence-electron chi connectivity index (χ1n) is 10.6. The smallest absolute Gasteiger partial charge is 0.185 e. The minimum Gasteiger partial charge on any atom is -0.394 e. The van der Waals surface area contributed by atoms with E-state index in [9.17, 15) is 25.5 Å². The average molecular weight is 453 g/mol. The summed E-state index contributed by atoms with van der Waals surface area (Å²) in [6.07, 6.45) is -9.52. The maximum Gasteiger partial charge on any atom is 0.185 e. The van der Waals surface area contributed by atoms with Crippen molar-refractivity contribution in [1.29, 1.82) is 0 Å². The van der Waals surface area contributed by atoms with Crippen LogP contribution in [0.2, 0.25) is 0 Å². The van der Waals surface area contributed by atoms with Gasteiger partial charge < -0.3 is 67.4 Å². The highest BCUT2D eigenvalue weighted by Crippen LogP contribution is 2.31. The monoisotopic (exact) mass is 452 g/mol. The SMILES string of the molecule is NC[C@H]1O[C@H](O[C@@H]2CC[C@@H](N)C(O[C@H]3O[C@H](CO)C[C@H](N)[C@H]3O)[C@H]2O)[C@H](N)[C@@H](O)[C@@H]1O. The predicted octanol–water partition coefficient (Wildman–Crippen LogP) is -5.23. The van der Waals surface area contributed by atoms with E-state index in [-0.39, 0.29) is 19.6 Å². The zero-order chi connectivity index (χ0) is 22.9. The molecule has 3 rings (SSSR count). The average Bonchev–Trinajstić information content (AvgIpc) is 2.75. The van der Waals surface area contributed by atoms with E-state index < -0.39 is 79.5 Å². The lowest BCUT2D eigenvalue weighted by Crippen LogP contribution is -2.65. The van der Waals surface area contributed by atoms with Crippen molar-refractivity contribution in [2.75, 3.05) is 13.2 Å². The van der Waals surface area contributed by atoms with Crippen molar-refractivity contribution in [1.82, 2.24) is 0 Å². The third-order valence-corrected chi connectivity index (χ3v) is 6.29. The van der Waals surface area contributed by atoms with Crippen molar-refractivity contribution >= 4 is 0 Å². The highest BCUT2D eigenvalue weighted by atomic mass is 16.7. The fourth-order valence-electron chi connectivity index (χ4n) is 4.28. The number of aliphatic hydroxyl groups excluding tert-OH is 5. The van der Waals surface area contributed by atoms with Gasteiger partial charge in [0.05, 0.1) is 24.9 Å². The fraction of sp³-hybridized carbons (Fsp3) is 1.00. The van der Waals surface area contributed by atoms with E-state index in [1.165, 1.54) is 0 Å². The largest absolute Gasteiger partial charge is 0.394 e. The van der Waals surface area contributed by atoms with E-state index in [1.54, 1.807) is 0 Å². The summed E-state index contributed by atoms with van der Waals surface area (Å²) < 4.78 is 22.8. The molecule has 13 heteroatoms. The fourth-order valence-corrected chi connectivity index (χ4v) is 4.28. The summed E-state index contributed by atoms with van der Waals surface area (Å²) in [5.74, 6) is 0. The second kappa shape index (κ2) is 10.6. The van der Waals surface area contributed by atoms with Gasteiger partial charge in [0.2, 0.25) is 0 Å². The molecule has 0 spiro atoms. The van der Waals surface area contributed by atoms with Crippen molar-refractivity contribution < 1.29 is 44.5 Å². The van der Waals surface area contributed by atoms with Gasteiger partial charge in [0.25, 0.3) is 0 Å². The predicted molar refractivity (Wildman–Crippen MR) is 105 cm³/mol. The number of hydrogen-bond donors (Lipinski definition) is 9. The molecule has 0 aromatic rings. The molecule has 3 fully saturated rings. The molecule has 2 saturated heterocycles. The van der Waals surface area contributed by atoms with E-state index in [2.05, 4.69) is 0 Å². The zero-order valence-electron chi connectivity index (χ0n) is 17.2. The van der Waals surface area contributed by atoms with Gasteiger partial charge in [0, 0.05) is 18.6 Å². The molecule has 31 heavy (non-hydrogen) atoms. The lowest BCUT2D eigenvalue weighted by Gasteiger charge is -2.46. The van der Waals surface area contributed by atoms with E-state index in [1.807, 2.05) is 0 Å². The standard InChI is InChI=1S/C18H36N4O9/c19-4-10-13(25)15(27)11(22)17(30-10)29-9-2-1-7(20)16(14(9)26)31-18-12(24)8(21)3-6(5-23)28-18/h6-18,23-27H,1-5,19-22H2/t6-,7+,8-,9+,10+,11+,12+,13+,14-,15+,16?,17-,18+/m0/s1. The molecule has 13 N–H and O–H groups in total. The normalized spacial score (nSPS) is 51.6. The van der Waals surface area contributed by atoms with Crippen LogP contribution in [-0.2, 0) is 18.9 Å². The van der Waals surface area contributed by atoms with E-state index in [0.717, 1.165) is 0 Å². The van der Waals surface area contributed by atoms with Crippen LogP contribution in [0.4, 0.5) is 0 Å². The van der Waals surface area contributed by atoms with Gasteiger partial charge in [0.1, 0.15) is 36.6 Å². The topological polar surface area (TPSA) is 242 Å². The van der Waals surface area contributed by atoms with Gasteiger partial charge in [-0.3, -0.25) is 0 Å². The Morgan fingerprint density at radius 2 is 1.52 bits per heavy atom. The van der Waals surface area contributed by atoms with E-state index in [4.69, 9.17) is 41.9 Å². The molecule has 1 aliphatic carbocycles. The third kappa shape index (κ3) is 5.35. The molecule has 1 unspecified atom stereocenters. The molecule has 1 saturated carbocycles. The quantitative estimate of drug-likeness (QED) is 0.183. The first-order chi connectivity index (χ1) is 14.7. The molecule has 0 radical (unpaired) electrons. The van der Waals surface area contributed by atoms with Crippen LogP contribution >= 0.6 is 0 Å². The van der Waals surface area contributed by atoms with Crippen molar-refractivity contribution in [3.63, 3.8) is 0 Å². The summed E-state index contributed by atoms with van der Waals surface area (Å²) in [5.41, 5.74) is 23.5. The Balaban J connectivity index is 1.66. The van der Waals surface area contributed by atoms with Crippen molar-refractivity contribution in [2.24, 2.45) is 22.9 Å². The van der Waals surface area contributed by atoms with Gasteiger partial charge in [0.15, 0.2) is 12.6 Å². The van der Waals surface area contributed by atoms with Crippen LogP contribution in [-0.4, -0.2) is 118 Å². The number of aliphatic hydroxyl groups is 5.